The number of H-pyrrole nitrogens is 1. The maximum Gasteiger partial charge on any atom is 0.270 e. The molecule has 3 N–H and O–H groups in total. The highest BCUT2D eigenvalue weighted by atomic mass is 16.2. The van der Waals surface area contributed by atoms with Crippen molar-refractivity contribution in [1.29, 1.82) is 0 Å². The van der Waals surface area contributed by atoms with E-state index in [0.717, 1.165) is 0 Å². The molecule has 0 spiro atoms. The number of rotatable bonds is 1. The fourth-order valence-corrected chi connectivity index (χ4v) is 2.18. The Kier molecular flexibility index (Phi) is 2.14. The summed E-state index contributed by atoms with van der Waals surface area (Å²) in [6.45, 7) is 1.35. The number of hydrogen-bond donors (Lipinski definition) is 2. The number of fused-ring (bicyclic) bond motifs is 1. The maximum absolute atomic E-state index is 12.2. The topological polar surface area (TPSA) is 62.1 Å². The standard InChI is InChI=1S/C13H13N3O/c14-11-5-12(15-6-11)13(17)16-7-9-3-1-2-4-10(9)8-16/h1-6,15H,7-8,14H2. The van der Waals surface area contributed by atoms with E-state index in [1.807, 2.05) is 17.0 Å². The van der Waals surface area contributed by atoms with Gasteiger partial charge in [-0.3, -0.25) is 4.79 Å². The van der Waals surface area contributed by atoms with Crippen LogP contribution in [0.2, 0.25) is 0 Å². The van der Waals surface area contributed by atoms with Gasteiger partial charge in [0, 0.05) is 25.0 Å². The van der Waals surface area contributed by atoms with Gasteiger partial charge in [0.2, 0.25) is 0 Å². The van der Waals surface area contributed by atoms with Gasteiger partial charge in [-0.25, -0.2) is 0 Å². The number of hydrogen-bond acceptors (Lipinski definition) is 2. The average Bonchev–Trinajstić information content (AvgIpc) is 2.93. The highest BCUT2D eigenvalue weighted by Crippen LogP contribution is 2.23. The number of carbonyl (C=O) groups excluding carboxylic acids is 1. The normalized spacial score (nSPS) is 13.8. The van der Waals surface area contributed by atoms with Crippen molar-refractivity contribution in [2.75, 3.05) is 5.73 Å². The van der Waals surface area contributed by atoms with E-state index in [0.29, 0.717) is 24.5 Å². The van der Waals surface area contributed by atoms with E-state index < -0.39 is 0 Å². The van der Waals surface area contributed by atoms with Crippen LogP contribution in [-0.2, 0) is 13.1 Å². The Bertz CT molecular complexity index is 549. The summed E-state index contributed by atoms with van der Waals surface area (Å²) >= 11 is 0. The molecule has 4 heteroatoms. The summed E-state index contributed by atoms with van der Waals surface area (Å²) in [4.78, 5) is 16.9. The Morgan fingerprint density at radius 2 is 1.88 bits per heavy atom. The molecular weight excluding hydrogens is 214 g/mol. The molecule has 4 nitrogen and oxygen atoms in total. The molecule has 0 bridgehead atoms. The number of nitrogen functional groups attached to an aromatic ring is 1. The second kappa shape index (κ2) is 3.66. The van der Waals surface area contributed by atoms with Crippen LogP contribution in [0.5, 0.6) is 0 Å². The zero-order valence-corrected chi connectivity index (χ0v) is 9.31. The van der Waals surface area contributed by atoms with Crippen LogP contribution in [0.1, 0.15) is 21.6 Å². The van der Waals surface area contributed by atoms with Crippen molar-refractivity contribution in [3.63, 3.8) is 0 Å². The van der Waals surface area contributed by atoms with Crippen LogP contribution in [-0.4, -0.2) is 15.8 Å². The number of amides is 1. The molecule has 0 radical (unpaired) electrons. The Morgan fingerprint density at radius 3 is 2.41 bits per heavy atom. The molecule has 0 saturated carbocycles. The smallest absolute Gasteiger partial charge is 0.270 e. The van der Waals surface area contributed by atoms with Crippen LogP contribution < -0.4 is 5.73 Å². The quantitative estimate of drug-likeness (QED) is 0.779. The van der Waals surface area contributed by atoms with Crippen LogP contribution in [0.25, 0.3) is 0 Å². The summed E-state index contributed by atoms with van der Waals surface area (Å²) < 4.78 is 0. The molecule has 1 aromatic heterocycles. The number of nitrogens with two attached hydrogens (primary N) is 1. The van der Waals surface area contributed by atoms with Gasteiger partial charge in [0.05, 0.1) is 0 Å². The molecule has 1 aromatic carbocycles. The molecule has 3 rings (SSSR count). The van der Waals surface area contributed by atoms with Gasteiger partial charge in [-0.2, -0.15) is 0 Å². The van der Waals surface area contributed by atoms with E-state index in [9.17, 15) is 4.79 Å². The lowest BCUT2D eigenvalue weighted by Gasteiger charge is -2.13. The third-order valence-corrected chi connectivity index (χ3v) is 3.06. The van der Waals surface area contributed by atoms with Crippen molar-refractivity contribution >= 4 is 11.6 Å². The number of nitrogens with one attached hydrogen (secondary N) is 1. The third kappa shape index (κ3) is 1.67. The number of carbonyl (C=O) groups is 1. The molecule has 1 aliphatic rings. The Balaban J connectivity index is 1.83. The Hall–Kier alpha value is -2.23. The van der Waals surface area contributed by atoms with Crippen molar-refractivity contribution in [1.82, 2.24) is 9.88 Å². The first-order valence-electron chi connectivity index (χ1n) is 5.54. The van der Waals surface area contributed by atoms with Gasteiger partial charge in [0.25, 0.3) is 5.91 Å². The molecule has 0 atom stereocenters. The van der Waals surface area contributed by atoms with Crippen LogP contribution >= 0.6 is 0 Å². The van der Waals surface area contributed by atoms with Gasteiger partial charge in [-0.05, 0) is 17.2 Å². The van der Waals surface area contributed by atoms with Crippen molar-refractivity contribution in [3.8, 4) is 0 Å². The lowest BCUT2D eigenvalue weighted by atomic mass is 10.1. The van der Waals surface area contributed by atoms with Crippen LogP contribution in [0.15, 0.2) is 36.5 Å². The summed E-state index contributed by atoms with van der Waals surface area (Å²) in [5, 5.41) is 0. The van der Waals surface area contributed by atoms with Crippen molar-refractivity contribution in [2.45, 2.75) is 13.1 Å². The summed E-state index contributed by atoms with van der Waals surface area (Å²) in [7, 11) is 0. The Labute approximate surface area is 99.0 Å². The van der Waals surface area contributed by atoms with E-state index in [4.69, 9.17) is 5.73 Å². The monoisotopic (exact) mass is 227 g/mol. The molecule has 0 unspecified atom stereocenters. The highest BCUT2D eigenvalue weighted by molar-refractivity contribution is 5.93. The number of nitrogens with zero attached hydrogens (tertiary/aromatic N) is 1. The molecule has 0 saturated heterocycles. The summed E-state index contributed by atoms with van der Waals surface area (Å²) in [6, 6.07) is 9.79. The lowest BCUT2D eigenvalue weighted by Crippen LogP contribution is -2.25. The lowest BCUT2D eigenvalue weighted by molar-refractivity contribution is 0.0746. The van der Waals surface area contributed by atoms with Gasteiger partial charge in [-0.15, -0.1) is 0 Å². The molecule has 0 fully saturated rings. The number of benzene rings is 1. The summed E-state index contributed by atoms with van der Waals surface area (Å²) in [6.07, 6.45) is 1.64. The third-order valence-electron chi connectivity index (χ3n) is 3.06. The van der Waals surface area contributed by atoms with E-state index in [1.165, 1.54) is 11.1 Å². The highest BCUT2D eigenvalue weighted by Gasteiger charge is 2.24. The molecule has 2 heterocycles. The first-order chi connectivity index (χ1) is 8.24. The molecule has 1 aliphatic heterocycles. The fraction of sp³-hybridized carbons (Fsp3) is 0.154. The second-order valence-corrected chi connectivity index (χ2v) is 4.28. The first-order valence-corrected chi connectivity index (χ1v) is 5.54. The van der Waals surface area contributed by atoms with Crippen molar-refractivity contribution < 1.29 is 4.79 Å². The van der Waals surface area contributed by atoms with Gasteiger partial charge in [0.1, 0.15) is 5.69 Å². The minimum absolute atomic E-state index is 0.00194. The SMILES string of the molecule is Nc1c[nH]c(C(=O)N2Cc3ccccc3C2)c1. The predicted molar refractivity (Wildman–Crippen MR) is 65.2 cm³/mol. The summed E-state index contributed by atoms with van der Waals surface area (Å²) in [5.41, 5.74) is 9.18. The summed E-state index contributed by atoms with van der Waals surface area (Å²) in [5.74, 6) is -0.00194. The van der Waals surface area contributed by atoms with Gasteiger partial charge < -0.3 is 15.6 Å². The molecule has 2 aromatic rings. The Morgan fingerprint density at radius 1 is 1.24 bits per heavy atom. The maximum atomic E-state index is 12.2. The first kappa shape index (κ1) is 9.96. The van der Waals surface area contributed by atoms with Gasteiger partial charge in [0.15, 0.2) is 0 Å². The predicted octanol–water partition coefficient (Wildman–Crippen LogP) is 1.75. The minimum atomic E-state index is -0.00194. The van der Waals surface area contributed by atoms with E-state index in [2.05, 4.69) is 17.1 Å². The molecule has 0 aliphatic carbocycles. The minimum Gasteiger partial charge on any atom is -0.397 e. The van der Waals surface area contributed by atoms with Crippen LogP contribution in [0.4, 0.5) is 5.69 Å². The van der Waals surface area contributed by atoms with Crippen LogP contribution in [0.3, 0.4) is 0 Å². The van der Waals surface area contributed by atoms with E-state index in [1.54, 1.807) is 12.3 Å². The average molecular weight is 227 g/mol. The number of aromatic amines is 1. The van der Waals surface area contributed by atoms with Crippen molar-refractivity contribution in [3.05, 3.63) is 53.3 Å². The zero-order chi connectivity index (χ0) is 11.8. The molecule has 86 valence electrons. The van der Waals surface area contributed by atoms with Gasteiger partial charge in [-0.1, -0.05) is 24.3 Å². The second-order valence-electron chi connectivity index (χ2n) is 4.28. The van der Waals surface area contributed by atoms with E-state index in [-0.39, 0.29) is 5.91 Å². The zero-order valence-electron chi connectivity index (χ0n) is 9.31. The number of anilines is 1. The molecule has 17 heavy (non-hydrogen) atoms. The van der Waals surface area contributed by atoms with Gasteiger partial charge >= 0.3 is 0 Å². The molecular formula is C13H13N3O. The van der Waals surface area contributed by atoms with E-state index >= 15 is 0 Å². The van der Waals surface area contributed by atoms with Crippen LogP contribution in [0, 0.1) is 0 Å². The molecule has 1 amide bonds. The number of aromatic nitrogens is 1. The fourth-order valence-electron chi connectivity index (χ4n) is 2.18. The largest absolute Gasteiger partial charge is 0.397 e. The van der Waals surface area contributed by atoms with Crippen molar-refractivity contribution in [2.24, 2.45) is 0 Å².